The van der Waals surface area contributed by atoms with Crippen molar-refractivity contribution < 1.29 is 0 Å². The van der Waals surface area contributed by atoms with Crippen molar-refractivity contribution in [2.24, 2.45) is 0 Å². The molecule has 2 rings (SSSR count). The van der Waals surface area contributed by atoms with Crippen LogP contribution >= 0.6 is 33.1 Å². The van der Waals surface area contributed by atoms with Crippen LogP contribution in [0.1, 0.15) is 52.7 Å². The Morgan fingerprint density at radius 2 is 1.64 bits per heavy atom. The SMILES string of the molecule is CC(C)(C)c1c(P(P)PP)cc2cnccc2c1C(C)(C)C. The highest BCUT2D eigenvalue weighted by Crippen LogP contribution is 2.66. The van der Waals surface area contributed by atoms with Crippen molar-refractivity contribution >= 4 is 49.2 Å². The number of rotatable bonds is 2. The monoisotopic (exact) mass is 369 g/mol. The van der Waals surface area contributed by atoms with E-state index >= 15 is 0 Å². The van der Waals surface area contributed by atoms with Crippen LogP contribution in [0.5, 0.6) is 0 Å². The number of benzene rings is 1. The zero-order valence-corrected chi connectivity index (χ0v) is 18.6. The summed E-state index contributed by atoms with van der Waals surface area (Å²) in [7, 11) is 6.67. The van der Waals surface area contributed by atoms with E-state index in [2.05, 4.69) is 76.5 Å². The summed E-state index contributed by atoms with van der Waals surface area (Å²) >= 11 is 0. The van der Waals surface area contributed by atoms with E-state index in [1.54, 1.807) is 0 Å². The van der Waals surface area contributed by atoms with E-state index in [9.17, 15) is 0 Å². The highest BCUT2D eigenvalue weighted by atomic mass is 32.6. The summed E-state index contributed by atoms with van der Waals surface area (Å²) < 4.78 is 0. The Labute approximate surface area is 142 Å². The Bertz CT molecular complexity index is 683. The topological polar surface area (TPSA) is 12.9 Å². The zero-order valence-electron chi connectivity index (χ0n) is 14.4. The van der Waals surface area contributed by atoms with Crippen LogP contribution in [0.4, 0.5) is 0 Å². The molecule has 120 valence electrons. The molecule has 0 amide bonds. The molecule has 1 nitrogen and oxygen atoms in total. The van der Waals surface area contributed by atoms with Gasteiger partial charge in [0.2, 0.25) is 0 Å². The minimum absolute atomic E-state index is 0.114. The minimum atomic E-state index is -0.215. The lowest BCUT2D eigenvalue weighted by atomic mass is 9.73. The molecule has 1 heterocycles. The van der Waals surface area contributed by atoms with Crippen LogP contribution in [0, 0.1) is 0 Å². The summed E-state index contributed by atoms with van der Waals surface area (Å²) in [6.07, 6.45) is 3.94. The molecular weight excluding hydrogens is 342 g/mol. The van der Waals surface area contributed by atoms with E-state index in [4.69, 9.17) is 0 Å². The van der Waals surface area contributed by atoms with Crippen molar-refractivity contribution in [2.45, 2.75) is 52.4 Å². The number of fused-ring (bicyclic) bond motifs is 1. The van der Waals surface area contributed by atoms with Crippen molar-refractivity contribution in [3.63, 3.8) is 0 Å². The summed E-state index contributed by atoms with van der Waals surface area (Å²) in [6, 6.07) is 4.57. The Hall–Kier alpha value is 0.350. The van der Waals surface area contributed by atoms with Crippen LogP contribution in [0.3, 0.4) is 0 Å². The number of aromatic nitrogens is 1. The lowest BCUT2D eigenvalue weighted by Gasteiger charge is -2.35. The van der Waals surface area contributed by atoms with E-state index in [0.717, 1.165) is 7.96 Å². The average molecular weight is 369 g/mol. The average Bonchev–Trinajstić information content (AvgIpc) is 2.42. The van der Waals surface area contributed by atoms with Gasteiger partial charge in [0.25, 0.3) is 0 Å². The third-order valence-corrected chi connectivity index (χ3v) is 13.9. The second-order valence-corrected chi connectivity index (χ2v) is 16.9. The molecule has 0 spiro atoms. The number of nitrogens with zero attached hydrogens (tertiary/aromatic N) is 1. The van der Waals surface area contributed by atoms with Crippen LogP contribution in [-0.2, 0) is 10.8 Å². The van der Waals surface area contributed by atoms with Gasteiger partial charge in [0.15, 0.2) is 0 Å². The van der Waals surface area contributed by atoms with E-state index in [1.165, 1.54) is 27.2 Å². The van der Waals surface area contributed by atoms with E-state index in [0.29, 0.717) is 0 Å². The van der Waals surface area contributed by atoms with Crippen LogP contribution in [0.2, 0.25) is 0 Å². The Kier molecular flexibility index (Phi) is 5.68. The maximum atomic E-state index is 4.35. The van der Waals surface area contributed by atoms with Crippen molar-refractivity contribution in [3.8, 4) is 0 Å². The second kappa shape index (κ2) is 6.69. The summed E-state index contributed by atoms with van der Waals surface area (Å²) in [4.78, 5) is 4.35. The van der Waals surface area contributed by atoms with Gasteiger partial charge in [0, 0.05) is 17.8 Å². The third kappa shape index (κ3) is 3.70. The van der Waals surface area contributed by atoms with Crippen LogP contribution < -0.4 is 5.30 Å². The first kappa shape index (κ1) is 18.7. The molecule has 0 N–H and O–H groups in total. The van der Waals surface area contributed by atoms with Crippen LogP contribution in [-0.4, -0.2) is 4.98 Å². The molecule has 0 fully saturated rings. The standard InChI is InChI=1S/C17H27NP4/c1-16(2,3)14-12-7-8-18-10-11(12)9-13(22(20)21-19)15(14)17(4,5)6/h7-10,21H,19-20H2,1-6H3. The lowest BCUT2D eigenvalue weighted by molar-refractivity contribution is 0.537. The van der Waals surface area contributed by atoms with Crippen molar-refractivity contribution in [1.82, 2.24) is 4.98 Å². The summed E-state index contributed by atoms with van der Waals surface area (Å²) in [5.74, 6) is 0. The first-order chi connectivity index (χ1) is 10.1. The number of hydrogen-bond donors (Lipinski definition) is 0. The maximum Gasteiger partial charge on any atom is 0.0346 e. The molecule has 4 unspecified atom stereocenters. The van der Waals surface area contributed by atoms with E-state index in [1.807, 2.05) is 12.4 Å². The molecule has 22 heavy (non-hydrogen) atoms. The Morgan fingerprint density at radius 3 is 2.14 bits per heavy atom. The molecule has 0 radical (unpaired) electrons. The predicted molar refractivity (Wildman–Crippen MR) is 113 cm³/mol. The van der Waals surface area contributed by atoms with Gasteiger partial charge in [-0.05, 0) is 52.1 Å². The highest BCUT2D eigenvalue weighted by molar-refractivity contribution is 8.63. The molecule has 4 atom stereocenters. The predicted octanol–water partition coefficient (Wildman–Crippen LogP) is 6.11. The van der Waals surface area contributed by atoms with E-state index in [-0.39, 0.29) is 18.1 Å². The fraction of sp³-hybridized carbons (Fsp3) is 0.471. The first-order valence-corrected chi connectivity index (χ1v) is 14.1. The Morgan fingerprint density at radius 1 is 1.05 bits per heavy atom. The largest absolute Gasteiger partial charge is 0.264 e. The number of pyridine rings is 1. The fourth-order valence-electron chi connectivity index (χ4n) is 3.03. The molecule has 0 saturated carbocycles. The zero-order chi connectivity index (χ0) is 16.7. The van der Waals surface area contributed by atoms with Gasteiger partial charge >= 0.3 is 0 Å². The molecule has 1 aromatic carbocycles. The molecule has 0 saturated heterocycles. The smallest absolute Gasteiger partial charge is 0.0346 e. The number of hydrogen-bond acceptors (Lipinski definition) is 1. The Balaban J connectivity index is 3.01. The molecule has 0 aliphatic heterocycles. The summed E-state index contributed by atoms with van der Waals surface area (Å²) in [5.41, 5.74) is 3.28. The summed E-state index contributed by atoms with van der Waals surface area (Å²) in [6.45, 7) is 14.0. The van der Waals surface area contributed by atoms with Gasteiger partial charge in [0.1, 0.15) is 0 Å². The molecule has 0 aliphatic carbocycles. The maximum absolute atomic E-state index is 4.35. The van der Waals surface area contributed by atoms with Crippen LogP contribution in [0.15, 0.2) is 24.5 Å². The highest BCUT2D eigenvalue weighted by Gasteiger charge is 2.31. The van der Waals surface area contributed by atoms with Gasteiger partial charge in [-0.25, -0.2) is 0 Å². The van der Waals surface area contributed by atoms with Gasteiger partial charge in [-0.3, -0.25) is 4.98 Å². The molecule has 5 heteroatoms. The first-order valence-electron chi connectivity index (χ1n) is 7.50. The van der Waals surface area contributed by atoms with Crippen molar-refractivity contribution in [1.29, 1.82) is 0 Å². The molecule has 0 bridgehead atoms. The lowest BCUT2D eigenvalue weighted by Crippen LogP contribution is -2.28. The molecule has 2 aromatic rings. The normalized spacial score (nSPS) is 14.9. The summed E-state index contributed by atoms with van der Waals surface area (Å²) in [5, 5.41) is 4.15. The molecular formula is C17H27NP4. The fourth-order valence-corrected chi connectivity index (χ4v) is 6.94. The minimum Gasteiger partial charge on any atom is -0.264 e. The quantitative estimate of drug-likeness (QED) is 0.582. The van der Waals surface area contributed by atoms with Gasteiger partial charge in [-0.1, -0.05) is 49.5 Å². The molecule has 1 aromatic heterocycles. The van der Waals surface area contributed by atoms with Crippen molar-refractivity contribution in [3.05, 3.63) is 35.7 Å². The van der Waals surface area contributed by atoms with Gasteiger partial charge in [-0.15, -0.1) is 17.9 Å². The molecule has 0 aliphatic rings. The third-order valence-electron chi connectivity index (χ3n) is 3.82. The second-order valence-electron chi connectivity index (χ2n) is 7.74. The van der Waals surface area contributed by atoms with Crippen molar-refractivity contribution in [2.75, 3.05) is 0 Å². The van der Waals surface area contributed by atoms with Crippen LogP contribution in [0.25, 0.3) is 10.8 Å². The van der Waals surface area contributed by atoms with Gasteiger partial charge in [-0.2, -0.15) is 0 Å². The van der Waals surface area contributed by atoms with E-state index < -0.39 is 0 Å². The van der Waals surface area contributed by atoms with Gasteiger partial charge in [0.05, 0.1) is 0 Å². The van der Waals surface area contributed by atoms with Gasteiger partial charge < -0.3 is 0 Å².